The summed E-state index contributed by atoms with van der Waals surface area (Å²) in [5, 5.41) is 9.23. The quantitative estimate of drug-likeness (QED) is 0.468. The zero-order valence-electron chi connectivity index (χ0n) is 16.9. The summed E-state index contributed by atoms with van der Waals surface area (Å²) in [6, 6.07) is 23.7. The van der Waals surface area contributed by atoms with Crippen LogP contribution < -0.4 is 9.47 Å². The molecule has 0 spiro atoms. The normalized spacial score (nSPS) is 15.7. The maximum absolute atomic E-state index is 11.2. The molecule has 0 bridgehead atoms. The van der Waals surface area contributed by atoms with Crippen molar-refractivity contribution < 1.29 is 19.4 Å². The highest BCUT2D eigenvalue weighted by atomic mass is 16.5. The number of para-hydroxylation sites is 1. The molecule has 4 heteroatoms. The fourth-order valence-electron chi connectivity index (χ4n) is 4.06. The number of carboxylic acids is 1. The van der Waals surface area contributed by atoms with Gasteiger partial charge in [-0.05, 0) is 78.3 Å². The lowest BCUT2D eigenvalue weighted by Gasteiger charge is -2.17. The molecule has 0 saturated heterocycles. The number of carbonyl (C=O) groups is 1. The van der Waals surface area contributed by atoms with Gasteiger partial charge in [0.15, 0.2) is 0 Å². The summed E-state index contributed by atoms with van der Waals surface area (Å²) in [6.07, 6.45) is 4.26. The second-order valence-electron chi connectivity index (χ2n) is 7.75. The van der Waals surface area contributed by atoms with Gasteiger partial charge in [0.25, 0.3) is 0 Å². The minimum atomic E-state index is -0.731. The molecule has 1 unspecified atom stereocenters. The van der Waals surface area contributed by atoms with Gasteiger partial charge in [0, 0.05) is 0 Å². The number of hydrogen-bond acceptors (Lipinski definition) is 3. The minimum absolute atomic E-state index is 0.0980. The molecule has 154 valence electrons. The van der Waals surface area contributed by atoms with Crippen molar-refractivity contribution >= 4 is 5.97 Å². The number of rotatable bonds is 7. The van der Waals surface area contributed by atoms with E-state index in [-0.39, 0.29) is 12.3 Å². The number of hydrogen-bond donors (Lipinski definition) is 1. The van der Waals surface area contributed by atoms with Crippen LogP contribution in [0, 0.1) is 0 Å². The minimum Gasteiger partial charge on any atom is -0.489 e. The lowest BCUT2D eigenvalue weighted by Crippen LogP contribution is -2.07. The maximum Gasteiger partial charge on any atom is 0.303 e. The number of benzene rings is 3. The molecule has 3 aromatic carbocycles. The van der Waals surface area contributed by atoms with E-state index in [2.05, 4.69) is 12.1 Å². The summed E-state index contributed by atoms with van der Waals surface area (Å²) in [4.78, 5) is 11.2. The Labute approximate surface area is 177 Å². The van der Waals surface area contributed by atoms with E-state index in [1.165, 1.54) is 11.1 Å². The van der Waals surface area contributed by atoms with E-state index in [1.54, 1.807) is 0 Å². The van der Waals surface area contributed by atoms with E-state index in [4.69, 9.17) is 9.47 Å². The fourth-order valence-corrected chi connectivity index (χ4v) is 4.06. The van der Waals surface area contributed by atoms with Crippen molar-refractivity contribution in [3.8, 4) is 17.2 Å². The van der Waals surface area contributed by atoms with Crippen LogP contribution in [0.1, 0.15) is 48.3 Å². The zero-order chi connectivity index (χ0) is 20.8. The van der Waals surface area contributed by atoms with E-state index >= 15 is 0 Å². The number of fused-ring (bicyclic) bond motifs is 1. The Bertz CT molecular complexity index is 997. The molecule has 3 aromatic rings. The third kappa shape index (κ3) is 5.20. The van der Waals surface area contributed by atoms with Crippen molar-refractivity contribution in [2.45, 2.75) is 44.6 Å². The average molecular weight is 402 g/mol. The standard InChI is InChI=1S/C26H26O4/c27-26(28)17-21-9-5-4-8-20-16-23(13-14-25(20)21)29-18-19-7-6-12-24(15-19)30-22-10-2-1-3-11-22/h1-3,6-7,10-16,21H,4-5,8-9,17-18H2,(H,27,28). The van der Waals surface area contributed by atoms with E-state index in [0.717, 1.165) is 48.5 Å². The van der Waals surface area contributed by atoms with Gasteiger partial charge in [0.05, 0.1) is 6.42 Å². The van der Waals surface area contributed by atoms with Crippen LogP contribution in [0.4, 0.5) is 0 Å². The van der Waals surface area contributed by atoms with Gasteiger partial charge >= 0.3 is 5.97 Å². The molecular weight excluding hydrogens is 376 g/mol. The van der Waals surface area contributed by atoms with Crippen molar-refractivity contribution in [2.75, 3.05) is 0 Å². The Hall–Kier alpha value is -3.27. The Morgan fingerprint density at radius 3 is 2.57 bits per heavy atom. The zero-order valence-corrected chi connectivity index (χ0v) is 16.9. The van der Waals surface area contributed by atoms with Crippen molar-refractivity contribution in [3.05, 3.63) is 89.5 Å². The van der Waals surface area contributed by atoms with Crippen LogP contribution in [0.2, 0.25) is 0 Å². The van der Waals surface area contributed by atoms with Crippen molar-refractivity contribution in [2.24, 2.45) is 0 Å². The van der Waals surface area contributed by atoms with Crippen LogP contribution in [0.25, 0.3) is 0 Å². The van der Waals surface area contributed by atoms with Crippen molar-refractivity contribution in [1.82, 2.24) is 0 Å². The first kappa shape index (κ1) is 20.0. The van der Waals surface area contributed by atoms with Crippen LogP contribution in [0.15, 0.2) is 72.8 Å². The van der Waals surface area contributed by atoms with E-state index in [1.807, 2.05) is 60.7 Å². The van der Waals surface area contributed by atoms with Crippen LogP contribution in [-0.2, 0) is 17.8 Å². The third-order valence-corrected chi connectivity index (χ3v) is 5.51. The van der Waals surface area contributed by atoms with Crippen molar-refractivity contribution in [1.29, 1.82) is 0 Å². The van der Waals surface area contributed by atoms with Gasteiger partial charge in [0.1, 0.15) is 23.9 Å². The summed E-state index contributed by atoms with van der Waals surface area (Å²) in [7, 11) is 0. The van der Waals surface area contributed by atoms with E-state index in [0.29, 0.717) is 6.61 Å². The Morgan fingerprint density at radius 1 is 0.900 bits per heavy atom. The van der Waals surface area contributed by atoms with Gasteiger partial charge in [-0.15, -0.1) is 0 Å². The van der Waals surface area contributed by atoms with Gasteiger partial charge in [-0.2, -0.15) is 0 Å². The highest BCUT2D eigenvalue weighted by Crippen LogP contribution is 2.35. The van der Waals surface area contributed by atoms with Crippen LogP contribution in [0.3, 0.4) is 0 Å². The second kappa shape index (κ2) is 9.49. The molecule has 0 aromatic heterocycles. The molecule has 1 aliphatic carbocycles. The first-order valence-electron chi connectivity index (χ1n) is 10.5. The number of ether oxygens (including phenoxy) is 2. The molecule has 4 nitrogen and oxygen atoms in total. The summed E-state index contributed by atoms with van der Waals surface area (Å²) >= 11 is 0. The smallest absolute Gasteiger partial charge is 0.303 e. The topological polar surface area (TPSA) is 55.8 Å². The summed E-state index contributed by atoms with van der Waals surface area (Å²) in [6.45, 7) is 0.448. The molecule has 0 heterocycles. The largest absolute Gasteiger partial charge is 0.489 e. The molecule has 0 fully saturated rings. The van der Waals surface area contributed by atoms with E-state index in [9.17, 15) is 9.90 Å². The lowest BCUT2D eigenvalue weighted by atomic mass is 9.90. The Kier molecular flexibility index (Phi) is 6.33. The van der Waals surface area contributed by atoms with Crippen molar-refractivity contribution in [3.63, 3.8) is 0 Å². The van der Waals surface area contributed by atoms with Gasteiger partial charge in [-0.1, -0.05) is 42.8 Å². The highest BCUT2D eigenvalue weighted by molar-refractivity contribution is 5.68. The molecule has 0 radical (unpaired) electrons. The third-order valence-electron chi connectivity index (χ3n) is 5.51. The fraction of sp³-hybridized carbons (Fsp3) is 0.269. The van der Waals surface area contributed by atoms with Crippen LogP contribution in [-0.4, -0.2) is 11.1 Å². The van der Waals surface area contributed by atoms with Gasteiger partial charge in [0.2, 0.25) is 0 Å². The number of aliphatic carboxylic acids is 1. The summed E-state index contributed by atoms with van der Waals surface area (Å²) < 4.78 is 11.9. The Morgan fingerprint density at radius 2 is 1.73 bits per heavy atom. The molecule has 1 aliphatic rings. The molecule has 1 N–H and O–H groups in total. The van der Waals surface area contributed by atoms with Gasteiger partial charge in [-0.3, -0.25) is 4.79 Å². The predicted molar refractivity (Wildman–Crippen MR) is 116 cm³/mol. The Balaban J connectivity index is 1.43. The lowest BCUT2D eigenvalue weighted by molar-refractivity contribution is -0.137. The number of aryl methyl sites for hydroxylation is 1. The molecule has 4 rings (SSSR count). The summed E-state index contributed by atoms with van der Waals surface area (Å²) in [5.41, 5.74) is 3.42. The number of carboxylic acid groups (broad SMARTS) is 1. The molecular formula is C26H26O4. The predicted octanol–water partition coefficient (Wildman–Crippen LogP) is 6.34. The maximum atomic E-state index is 11.2. The van der Waals surface area contributed by atoms with Crippen LogP contribution in [0.5, 0.6) is 17.2 Å². The van der Waals surface area contributed by atoms with Crippen LogP contribution >= 0.6 is 0 Å². The molecule has 1 atom stereocenters. The molecule has 0 amide bonds. The van der Waals surface area contributed by atoms with E-state index < -0.39 is 5.97 Å². The van der Waals surface area contributed by atoms with Gasteiger partial charge < -0.3 is 14.6 Å². The first-order chi connectivity index (χ1) is 14.7. The SMILES string of the molecule is O=C(O)CC1CCCCc2cc(OCc3cccc(Oc4ccccc4)c3)ccc21. The monoisotopic (exact) mass is 402 g/mol. The van der Waals surface area contributed by atoms with Gasteiger partial charge in [-0.25, -0.2) is 0 Å². The summed E-state index contributed by atoms with van der Waals surface area (Å²) in [5.74, 6) is 1.77. The molecule has 0 aliphatic heterocycles. The highest BCUT2D eigenvalue weighted by Gasteiger charge is 2.21. The average Bonchev–Trinajstić information content (AvgIpc) is 2.95. The second-order valence-corrected chi connectivity index (χ2v) is 7.75. The first-order valence-corrected chi connectivity index (χ1v) is 10.5. The molecule has 0 saturated carbocycles. The molecule has 30 heavy (non-hydrogen) atoms.